The van der Waals surface area contributed by atoms with Gasteiger partial charge in [-0.3, -0.25) is 4.79 Å². The van der Waals surface area contributed by atoms with Gasteiger partial charge in [0.15, 0.2) is 0 Å². The highest BCUT2D eigenvalue weighted by Gasteiger charge is 2.14. The first-order chi connectivity index (χ1) is 8.99. The monoisotopic (exact) mass is 405 g/mol. The van der Waals surface area contributed by atoms with Crippen molar-refractivity contribution in [2.45, 2.75) is 13.5 Å². The van der Waals surface area contributed by atoms with Crippen LogP contribution in [-0.4, -0.2) is 17.9 Å². The van der Waals surface area contributed by atoms with E-state index in [2.05, 4.69) is 35.6 Å². The predicted octanol–water partition coefficient (Wildman–Crippen LogP) is 4.59. The third kappa shape index (κ3) is 3.49. The van der Waals surface area contributed by atoms with Crippen molar-refractivity contribution in [3.05, 3.63) is 54.2 Å². The maximum Gasteiger partial charge on any atom is 0.253 e. The Balaban J connectivity index is 2.15. The molecule has 19 heavy (non-hydrogen) atoms. The normalized spacial score (nSPS) is 10.5. The van der Waals surface area contributed by atoms with Gasteiger partial charge in [-0.05, 0) is 64.7 Å². The largest absolute Gasteiger partial charge is 0.337 e. The average molecular weight is 406 g/mol. The summed E-state index contributed by atoms with van der Waals surface area (Å²) in [6, 6.07) is 7.47. The molecule has 2 nitrogen and oxygen atoms in total. The molecular weight excluding hydrogens is 393 g/mol. The molecule has 5 heteroatoms. The molecule has 0 saturated carbocycles. The van der Waals surface area contributed by atoms with E-state index in [0.717, 1.165) is 3.57 Å². The number of hydrogen-bond donors (Lipinski definition) is 0. The number of rotatable bonds is 3. The number of carbonyl (C=O) groups excluding carboxylic acids is 1. The zero-order chi connectivity index (χ0) is 14.0. The van der Waals surface area contributed by atoms with Crippen LogP contribution in [0.2, 0.25) is 5.02 Å². The number of thiophene rings is 1. The second-order valence-electron chi connectivity index (χ2n) is 4.32. The number of aryl methyl sites for hydroxylation is 1. The van der Waals surface area contributed by atoms with Crippen LogP contribution in [0.4, 0.5) is 0 Å². The Bertz CT molecular complexity index is 611. The van der Waals surface area contributed by atoms with Crippen LogP contribution in [0.1, 0.15) is 20.8 Å². The Morgan fingerprint density at radius 3 is 2.74 bits per heavy atom. The molecule has 2 rings (SSSR count). The zero-order valence-corrected chi connectivity index (χ0v) is 14.3. The molecule has 0 fully saturated rings. The number of nitrogens with zero attached hydrogens (tertiary/aromatic N) is 1. The molecule has 0 unspecified atom stereocenters. The van der Waals surface area contributed by atoms with Crippen molar-refractivity contribution < 1.29 is 4.79 Å². The molecule has 0 saturated heterocycles. The van der Waals surface area contributed by atoms with E-state index in [0.29, 0.717) is 17.1 Å². The Morgan fingerprint density at radius 1 is 1.42 bits per heavy atom. The van der Waals surface area contributed by atoms with Crippen molar-refractivity contribution in [3.63, 3.8) is 0 Å². The van der Waals surface area contributed by atoms with Gasteiger partial charge in [0.05, 0.1) is 11.6 Å². The number of carbonyl (C=O) groups is 1. The van der Waals surface area contributed by atoms with Crippen LogP contribution in [0.5, 0.6) is 0 Å². The highest BCUT2D eigenvalue weighted by Crippen LogP contribution is 2.22. The molecule has 0 radical (unpaired) electrons. The van der Waals surface area contributed by atoms with E-state index < -0.39 is 0 Å². The summed E-state index contributed by atoms with van der Waals surface area (Å²) in [5.74, 6) is -0.00824. The fourth-order valence-corrected chi connectivity index (χ4v) is 3.18. The average Bonchev–Trinajstić information content (AvgIpc) is 2.77. The summed E-state index contributed by atoms with van der Waals surface area (Å²) < 4.78 is 0.951. The second kappa shape index (κ2) is 6.24. The molecule has 0 spiro atoms. The lowest BCUT2D eigenvalue weighted by Gasteiger charge is -2.17. The number of hydrogen-bond acceptors (Lipinski definition) is 2. The van der Waals surface area contributed by atoms with E-state index >= 15 is 0 Å². The number of halogens is 2. The van der Waals surface area contributed by atoms with Gasteiger partial charge in [0, 0.05) is 21.1 Å². The molecule has 1 heterocycles. The summed E-state index contributed by atoms with van der Waals surface area (Å²) >= 11 is 9.88. The quantitative estimate of drug-likeness (QED) is 0.684. The van der Waals surface area contributed by atoms with E-state index in [9.17, 15) is 4.79 Å². The molecule has 0 aliphatic rings. The topological polar surface area (TPSA) is 20.3 Å². The van der Waals surface area contributed by atoms with Gasteiger partial charge in [-0.2, -0.15) is 0 Å². The summed E-state index contributed by atoms with van der Waals surface area (Å²) in [4.78, 5) is 15.3. The third-order valence-corrected chi connectivity index (χ3v) is 5.44. The smallest absolute Gasteiger partial charge is 0.253 e. The molecule has 1 aromatic heterocycles. The summed E-state index contributed by atoms with van der Waals surface area (Å²) in [5.41, 5.74) is 1.85. The van der Waals surface area contributed by atoms with Gasteiger partial charge in [0.2, 0.25) is 0 Å². The summed E-state index contributed by atoms with van der Waals surface area (Å²) in [7, 11) is 1.81. The van der Waals surface area contributed by atoms with Gasteiger partial charge < -0.3 is 4.90 Å². The van der Waals surface area contributed by atoms with Crippen LogP contribution in [0.15, 0.2) is 29.6 Å². The van der Waals surface area contributed by atoms with Gasteiger partial charge in [0.25, 0.3) is 5.91 Å². The minimum Gasteiger partial charge on any atom is -0.337 e. The first-order valence-electron chi connectivity index (χ1n) is 5.72. The molecule has 0 aliphatic heterocycles. The maximum absolute atomic E-state index is 12.3. The zero-order valence-electron chi connectivity index (χ0n) is 10.6. The van der Waals surface area contributed by atoms with Crippen LogP contribution in [-0.2, 0) is 6.54 Å². The molecule has 1 amide bonds. The highest BCUT2D eigenvalue weighted by atomic mass is 127. The molecule has 0 atom stereocenters. The SMILES string of the molecule is Cc1ccsc1CN(C)C(=O)c1ccc(I)c(Cl)c1. The fraction of sp³-hybridized carbons (Fsp3) is 0.214. The molecule has 0 aliphatic carbocycles. The minimum absolute atomic E-state index is 0.00824. The van der Waals surface area contributed by atoms with E-state index in [1.165, 1.54) is 10.4 Å². The van der Waals surface area contributed by atoms with Gasteiger partial charge in [0.1, 0.15) is 0 Å². The Morgan fingerprint density at radius 2 is 2.16 bits per heavy atom. The minimum atomic E-state index is -0.00824. The predicted molar refractivity (Wildman–Crippen MR) is 89.0 cm³/mol. The first-order valence-corrected chi connectivity index (χ1v) is 8.06. The molecule has 100 valence electrons. The molecule has 2 aromatic rings. The Labute approximate surface area is 135 Å². The van der Waals surface area contributed by atoms with Crippen molar-refractivity contribution in [2.24, 2.45) is 0 Å². The standard InChI is InChI=1S/C14H13ClINOS/c1-9-5-6-19-13(9)8-17(2)14(18)10-3-4-12(16)11(15)7-10/h3-7H,8H2,1-2H3. The summed E-state index contributed by atoms with van der Waals surface area (Å²) in [6.45, 7) is 2.69. The first kappa shape index (κ1) is 14.8. The van der Waals surface area contributed by atoms with Gasteiger partial charge in [-0.1, -0.05) is 11.6 Å². The van der Waals surface area contributed by atoms with E-state index in [4.69, 9.17) is 11.6 Å². The highest BCUT2D eigenvalue weighted by molar-refractivity contribution is 14.1. The lowest BCUT2D eigenvalue weighted by atomic mass is 10.2. The van der Waals surface area contributed by atoms with E-state index in [-0.39, 0.29) is 5.91 Å². The Kier molecular flexibility index (Phi) is 4.86. The number of benzene rings is 1. The van der Waals surface area contributed by atoms with Gasteiger partial charge in [-0.25, -0.2) is 0 Å². The van der Waals surface area contributed by atoms with Crippen LogP contribution in [0.25, 0.3) is 0 Å². The fourth-order valence-electron chi connectivity index (χ4n) is 1.70. The van der Waals surface area contributed by atoms with E-state index in [1.807, 2.05) is 24.6 Å². The third-order valence-electron chi connectivity index (χ3n) is 2.86. The van der Waals surface area contributed by atoms with Crippen LogP contribution >= 0.6 is 45.5 Å². The Hall–Kier alpha value is -0.590. The molecule has 0 N–H and O–H groups in total. The van der Waals surface area contributed by atoms with Crippen molar-refractivity contribution in [2.75, 3.05) is 7.05 Å². The molecular formula is C14H13ClINOS. The van der Waals surface area contributed by atoms with Crippen molar-refractivity contribution in [1.82, 2.24) is 4.90 Å². The second-order valence-corrected chi connectivity index (χ2v) is 6.89. The summed E-state index contributed by atoms with van der Waals surface area (Å²) in [5, 5.41) is 2.66. The number of amides is 1. The van der Waals surface area contributed by atoms with Crippen LogP contribution in [0.3, 0.4) is 0 Å². The van der Waals surface area contributed by atoms with E-state index in [1.54, 1.807) is 22.3 Å². The summed E-state index contributed by atoms with van der Waals surface area (Å²) in [6.07, 6.45) is 0. The van der Waals surface area contributed by atoms with Crippen molar-refractivity contribution in [3.8, 4) is 0 Å². The van der Waals surface area contributed by atoms with Crippen molar-refractivity contribution in [1.29, 1.82) is 0 Å². The lowest BCUT2D eigenvalue weighted by Crippen LogP contribution is -2.26. The van der Waals surface area contributed by atoms with Crippen molar-refractivity contribution >= 4 is 51.4 Å². The van der Waals surface area contributed by atoms with Crippen LogP contribution in [0, 0.1) is 10.5 Å². The molecule has 1 aromatic carbocycles. The lowest BCUT2D eigenvalue weighted by molar-refractivity contribution is 0.0786. The van der Waals surface area contributed by atoms with Gasteiger partial charge >= 0.3 is 0 Å². The van der Waals surface area contributed by atoms with Crippen LogP contribution < -0.4 is 0 Å². The molecule has 0 bridgehead atoms. The maximum atomic E-state index is 12.3. The van der Waals surface area contributed by atoms with Gasteiger partial charge in [-0.15, -0.1) is 11.3 Å².